The first-order valence-electron chi connectivity index (χ1n) is 8.58. The molecule has 0 spiro atoms. The maximum absolute atomic E-state index is 12.3. The van der Waals surface area contributed by atoms with E-state index in [-0.39, 0.29) is 5.91 Å². The molecule has 0 heterocycles. The highest BCUT2D eigenvalue weighted by Gasteiger charge is 2.12. The number of amides is 1. The molecule has 6 nitrogen and oxygen atoms in total. The molecule has 0 radical (unpaired) electrons. The van der Waals surface area contributed by atoms with Crippen molar-refractivity contribution in [3.05, 3.63) is 53.6 Å². The Balaban J connectivity index is 1.89. The summed E-state index contributed by atoms with van der Waals surface area (Å²) in [6.45, 7) is 4.28. The summed E-state index contributed by atoms with van der Waals surface area (Å²) in [6, 6.07) is 12.9. The molecular formula is C20H23NO5S. The molecule has 0 saturated carbocycles. The van der Waals surface area contributed by atoms with Crippen LogP contribution in [-0.4, -0.2) is 42.5 Å². The first-order chi connectivity index (χ1) is 13.0. The third-order valence-corrected chi connectivity index (χ3v) is 4.55. The fourth-order valence-corrected chi connectivity index (χ4v) is 3.01. The molecule has 7 heteroatoms. The van der Waals surface area contributed by atoms with Crippen LogP contribution in [0.4, 0.5) is 0 Å². The van der Waals surface area contributed by atoms with Gasteiger partial charge in [-0.1, -0.05) is 17.7 Å². The van der Waals surface area contributed by atoms with Crippen LogP contribution in [0.5, 0.6) is 11.5 Å². The molecule has 0 bridgehead atoms. The topological polar surface area (TPSA) is 84.9 Å². The minimum atomic E-state index is -1.08. The van der Waals surface area contributed by atoms with Crippen LogP contribution in [-0.2, 0) is 4.79 Å². The molecule has 2 N–H and O–H groups in total. The highest BCUT2D eigenvalue weighted by molar-refractivity contribution is 7.99. The summed E-state index contributed by atoms with van der Waals surface area (Å²) in [6.07, 6.45) is 0. The zero-order valence-corrected chi connectivity index (χ0v) is 16.2. The second-order valence-electron chi connectivity index (χ2n) is 5.69. The molecule has 0 unspecified atom stereocenters. The zero-order chi connectivity index (χ0) is 19.6. The van der Waals surface area contributed by atoms with Gasteiger partial charge in [-0.05, 0) is 44.2 Å². The van der Waals surface area contributed by atoms with E-state index in [4.69, 9.17) is 14.6 Å². The molecule has 0 fully saturated rings. The second kappa shape index (κ2) is 10.5. The number of ether oxygens (including phenoxy) is 2. The summed E-state index contributed by atoms with van der Waals surface area (Å²) < 4.78 is 10.6. The number of carboxylic acids is 1. The number of aliphatic carboxylic acids is 1. The summed E-state index contributed by atoms with van der Waals surface area (Å²) in [5.41, 5.74) is 1.65. The van der Waals surface area contributed by atoms with E-state index in [0.29, 0.717) is 30.2 Å². The number of rotatable bonds is 10. The number of hydrogen-bond acceptors (Lipinski definition) is 5. The molecular weight excluding hydrogens is 366 g/mol. The molecule has 2 aromatic carbocycles. The van der Waals surface area contributed by atoms with E-state index in [2.05, 4.69) is 29.6 Å². The molecule has 0 aromatic heterocycles. The lowest BCUT2D eigenvalue weighted by Crippen LogP contribution is -2.25. The monoisotopic (exact) mass is 389 g/mol. The van der Waals surface area contributed by atoms with Gasteiger partial charge in [0, 0.05) is 22.8 Å². The lowest BCUT2D eigenvalue weighted by atomic mass is 10.2. The van der Waals surface area contributed by atoms with E-state index in [9.17, 15) is 9.59 Å². The molecule has 0 aliphatic rings. The Labute approximate surface area is 162 Å². The summed E-state index contributed by atoms with van der Waals surface area (Å²) in [5.74, 6) is 0.106. The molecule has 1 amide bonds. The Hall–Kier alpha value is -2.67. The lowest BCUT2D eigenvalue weighted by Gasteiger charge is -2.12. The quantitative estimate of drug-likeness (QED) is 0.479. The van der Waals surface area contributed by atoms with E-state index in [1.165, 1.54) is 5.56 Å². The van der Waals surface area contributed by atoms with Gasteiger partial charge < -0.3 is 19.9 Å². The van der Waals surface area contributed by atoms with Gasteiger partial charge in [0.05, 0.1) is 6.61 Å². The van der Waals surface area contributed by atoms with Crippen molar-refractivity contribution in [1.82, 2.24) is 5.32 Å². The SMILES string of the molecule is CCOc1cc(C(=O)NCCSc2ccc(C)cc2)ccc1OCC(=O)O. The molecule has 2 aromatic rings. The molecule has 0 atom stereocenters. The fraction of sp³-hybridized carbons (Fsp3) is 0.300. The number of carboxylic acid groups (broad SMARTS) is 1. The van der Waals surface area contributed by atoms with E-state index >= 15 is 0 Å². The number of benzene rings is 2. The van der Waals surface area contributed by atoms with Crippen molar-refractivity contribution in [3.8, 4) is 11.5 Å². The number of hydrogen-bond donors (Lipinski definition) is 2. The van der Waals surface area contributed by atoms with Crippen molar-refractivity contribution in [2.45, 2.75) is 18.7 Å². The van der Waals surface area contributed by atoms with Gasteiger partial charge in [0.25, 0.3) is 5.91 Å². The maximum atomic E-state index is 12.3. The Morgan fingerprint density at radius 3 is 2.48 bits per heavy atom. The van der Waals surface area contributed by atoms with Gasteiger partial charge in [0.15, 0.2) is 18.1 Å². The van der Waals surface area contributed by atoms with Crippen molar-refractivity contribution in [2.75, 3.05) is 25.5 Å². The fourth-order valence-electron chi connectivity index (χ4n) is 2.25. The van der Waals surface area contributed by atoms with Crippen LogP contribution in [0.3, 0.4) is 0 Å². The molecule has 2 rings (SSSR count). The zero-order valence-electron chi connectivity index (χ0n) is 15.4. The van der Waals surface area contributed by atoms with Crippen molar-refractivity contribution >= 4 is 23.6 Å². The minimum absolute atomic E-state index is 0.217. The average molecular weight is 389 g/mol. The standard InChI is InChI=1S/C20H23NO5S/c1-3-25-18-12-15(6-9-17(18)26-13-19(22)23)20(24)21-10-11-27-16-7-4-14(2)5-8-16/h4-9,12H,3,10-11,13H2,1-2H3,(H,21,24)(H,22,23). The molecule has 0 aliphatic carbocycles. The van der Waals surface area contributed by atoms with Crippen LogP contribution < -0.4 is 14.8 Å². The van der Waals surface area contributed by atoms with Crippen LogP contribution >= 0.6 is 11.8 Å². The van der Waals surface area contributed by atoms with Gasteiger partial charge in [0.2, 0.25) is 0 Å². The van der Waals surface area contributed by atoms with Crippen molar-refractivity contribution in [2.24, 2.45) is 0 Å². The molecule has 0 aliphatic heterocycles. The first kappa shape index (κ1) is 20.6. The Morgan fingerprint density at radius 2 is 1.81 bits per heavy atom. The second-order valence-corrected chi connectivity index (χ2v) is 6.86. The van der Waals surface area contributed by atoms with Gasteiger partial charge in [-0.25, -0.2) is 4.79 Å². The van der Waals surface area contributed by atoms with E-state index < -0.39 is 12.6 Å². The Bertz CT molecular complexity index is 776. The predicted octanol–water partition coefficient (Wildman–Crippen LogP) is 3.38. The van der Waals surface area contributed by atoms with E-state index in [0.717, 1.165) is 10.6 Å². The van der Waals surface area contributed by atoms with Crippen molar-refractivity contribution in [3.63, 3.8) is 0 Å². The summed E-state index contributed by atoms with van der Waals surface area (Å²) >= 11 is 1.67. The molecule has 144 valence electrons. The van der Waals surface area contributed by atoms with Crippen molar-refractivity contribution < 1.29 is 24.2 Å². The molecule has 27 heavy (non-hydrogen) atoms. The normalized spacial score (nSPS) is 10.3. The third-order valence-electron chi connectivity index (χ3n) is 3.53. The van der Waals surface area contributed by atoms with Crippen LogP contribution in [0.25, 0.3) is 0 Å². The van der Waals surface area contributed by atoms with Gasteiger partial charge >= 0.3 is 5.97 Å². The van der Waals surface area contributed by atoms with E-state index in [1.807, 2.05) is 6.92 Å². The van der Waals surface area contributed by atoms with Crippen molar-refractivity contribution in [1.29, 1.82) is 0 Å². The lowest BCUT2D eigenvalue weighted by molar-refractivity contribution is -0.139. The van der Waals surface area contributed by atoms with Crippen LogP contribution in [0, 0.1) is 6.92 Å². The van der Waals surface area contributed by atoms with E-state index in [1.54, 1.807) is 36.9 Å². The molecule has 0 saturated heterocycles. The highest BCUT2D eigenvalue weighted by atomic mass is 32.2. The maximum Gasteiger partial charge on any atom is 0.341 e. The Kier molecular flexibility index (Phi) is 8.00. The predicted molar refractivity (Wildman–Crippen MR) is 105 cm³/mol. The summed E-state index contributed by atoms with van der Waals surface area (Å²) in [4.78, 5) is 24.1. The van der Waals surface area contributed by atoms with Crippen LogP contribution in [0.2, 0.25) is 0 Å². The van der Waals surface area contributed by atoms with Crippen LogP contribution in [0.15, 0.2) is 47.4 Å². The smallest absolute Gasteiger partial charge is 0.341 e. The number of carbonyl (C=O) groups excluding carboxylic acids is 1. The summed E-state index contributed by atoms with van der Waals surface area (Å²) in [5, 5.41) is 11.6. The van der Waals surface area contributed by atoms with Gasteiger partial charge in [-0.15, -0.1) is 11.8 Å². The first-order valence-corrected chi connectivity index (χ1v) is 9.57. The number of thioether (sulfide) groups is 1. The number of carbonyl (C=O) groups is 2. The number of aryl methyl sites for hydroxylation is 1. The largest absolute Gasteiger partial charge is 0.490 e. The minimum Gasteiger partial charge on any atom is -0.490 e. The van der Waals surface area contributed by atoms with Crippen LogP contribution in [0.1, 0.15) is 22.8 Å². The van der Waals surface area contributed by atoms with Gasteiger partial charge in [-0.3, -0.25) is 4.79 Å². The van der Waals surface area contributed by atoms with Gasteiger partial charge in [0.1, 0.15) is 0 Å². The summed E-state index contributed by atoms with van der Waals surface area (Å²) in [7, 11) is 0. The Morgan fingerprint density at radius 1 is 1.07 bits per heavy atom. The third kappa shape index (κ3) is 6.86. The highest BCUT2D eigenvalue weighted by Crippen LogP contribution is 2.28. The number of nitrogens with one attached hydrogen (secondary N) is 1. The van der Waals surface area contributed by atoms with Gasteiger partial charge in [-0.2, -0.15) is 0 Å². The average Bonchev–Trinajstić information content (AvgIpc) is 2.65.